The zero-order valence-electron chi connectivity index (χ0n) is 4.32. The minimum atomic E-state index is -3.38. The van der Waals surface area contributed by atoms with E-state index in [0.29, 0.717) is 6.92 Å². The molecule has 0 aromatic carbocycles. The van der Waals surface area contributed by atoms with E-state index in [4.69, 9.17) is 5.11 Å². The molecule has 0 aliphatic rings. The fourth-order valence-electron chi connectivity index (χ4n) is 0.139. The fourth-order valence-corrected chi connectivity index (χ4v) is 0.139. The van der Waals surface area contributed by atoms with E-state index in [1.807, 2.05) is 0 Å². The molecule has 1 N–H and O–H groups in total. The summed E-state index contributed by atoms with van der Waals surface area (Å²) < 4.78 is 23.2. The van der Waals surface area contributed by atoms with Crippen molar-refractivity contribution in [2.75, 3.05) is 6.61 Å². The summed E-state index contributed by atoms with van der Waals surface area (Å²) in [6.45, 7) is -0.644. The molecule has 0 spiro atoms. The van der Waals surface area contributed by atoms with Gasteiger partial charge in [-0.15, -0.1) is 0 Å². The van der Waals surface area contributed by atoms with Crippen LogP contribution in [0.2, 0.25) is 0 Å². The third-order valence-corrected chi connectivity index (χ3v) is 0.633. The Bertz CT molecular complexity index is 94.7. The third kappa shape index (κ3) is 1.97. The smallest absolute Gasteiger partial charge is 0.304 e. The highest BCUT2D eigenvalue weighted by molar-refractivity contribution is 5.85. The van der Waals surface area contributed by atoms with E-state index in [1.54, 1.807) is 0 Å². The fraction of sp³-hybridized carbons (Fsp3) is 0.750. The first-order valence-electron chi connectivity index (χ1n) is 2.00. The largest absolute Gasteiger partial charge is 0.388 e. The Hall–Kier alpha value is -0.510. The molecular weight excluding hydrogens is 118 g/mol. The molecule has 48 valence electrons. The number of rotatable bonds is 2. The van der Waals surface area contributed by atoms with Crippen LogP contribution in [-0.4, -0.2) is 23.4 Å². The standard InChI is InChI=1S/C4H6F2O2/c1-4(5,6)3(8)2-7/h7H,2H2,1H3. The Balaban J connectivity index is 3.82. The second-order valence-corrected chi connectivity index (χ2v) is 1.47. The van der Waals surface area contributed by atoms with Gasteiger partial charge in [-0.2, -0.15) is 8.78 Å². The molecule has 0 saturated heterocycles. The highest BCUT2D eigenvalue weighted by atomic mass is 19.3. The molecule has 0 aromatic rings. The van der Waals surface area contributed by atoms with Crippen molar-refractivity contribution in [3.05, 3.63) is 0 Å². The molecule has 0 saturated carbocycles. The van der Waals surface area contributed by atoms with Gasteiger partial charge in [0.2, 0.25) is 5.78 Å². The normalized spacial score (nSPS) is 11.5. The Labute approximate surface area is 45.1 Å². The SMILES string of the molecule is CC(F)(F)C(=O)CO. The average molecular weight is 124 g/mol. The molecule has 0 unspecified atom stereocenters. The number of ketones is 1. The van der Waals surface area contributed by atoms with Crippen molar-refractivity contribution in [1.82, 2.24) is 0 Å². The van der Waals surface area contributed by atoms with Gasteiger partial charge in [0.05, 0.1) is 0 Å². The maximum Gasteiger partial charge on any atom is 0.304 e. The first kappa shape index (κ1) is 7.49. The van der Waals surface area contributed by atoms with Crippen LogP contribution in [0.1, 0.15) is 6.92 Å². The number of hydrogen-bond acceptors (Lipinski definition) is 2. The molecular formula is C4H6F2O2. The topological polar surface area (TPSA) is 37.3 Å². The number of hydrogen-bond donors (Lipinski definition) is 1. The summed E-state index contributed by atoms with van der Waals surface area (Å²) >= 11 is 0. The van der Waals surface area contributed by atoms with Gasteiger partial charge in [0.15, 0.2) is 0 Å². The van der Waals surface area contributed by atoms with Gasteiger partial charge in [0.25, 0.3) is 0 Å². The molecule has 0 atom stereocenters. The zero-order chi connectivity index (χ0) is 6.78. The molecule has 0 bridgehead atoms. The molecule has 0 heterocycles. The highest BCUT2D eigenvalue weighted by Gasteiger charge is 2.30. The Kier molecular flexibility index (Phi) is 2.03. The molecule has 8 heavy (non-hydrogen) atoms. The van der Waals surface area contributed by atoms with Gasteiger partial charge in [-0.05, 0) is 0 Å². The van der Waals surface area contributed by atoms with Crippen molar-refractivity contribution >= 4 is 5.78 Å². The number of alkyl halides is 2. The average Bonchev–Trinajstić information content (AvgIpc) is 1.62. The zero-order valence-corrected chi connectivity index (χ0v) is 4.32. The van der Waals surface area contributed by atoms with E-state index in [-0.39, 0.29) is 0 Å². The third-order valence-electron chi connectivity index (χ3n) is 0.633. The van der Waals surface area contributed by atoms with Gasteiger partial charge in [-0.1, -0.05) is 0 Å². The van der Waals surface area contributed by atoms with E-state index in [9.17, 15) is 13.6 Å². The number of halogens is 2. The van der Waals surface area contributed by atoms with Crippen molar-refractivity contribution in [3.8, 4) is 0 Å². The first-order valence-corrected chi connectivity index (χ1v) is 2.00. The predicted molar refractivity (Wildman–Crippen MR) is 22.7 cm³/mol. The van der Waals surface area contributed by atoms with Crippen LogP contribution >= 0.6 is 0 Å². The quantitative estimate of drug-likeness (QED) is 0.571. The van der Waals surface area contributed by atoms with Crippen molar-refractivity contribution < 1.29 is 18.7 Å². The summed E-state index contributed by atoms with van der Waals surface area (Å²) in [4.78, 5) is 9.83. The number of aliphatic hydroxyl groups excluding tert-OH is 1. The van der Waals surface area contributed by atoms with E-state index in [0.717, 1.165) is 0 Å². The minimum absolute atomic E-state index is 0.450. The van der Waals surface area contributed by atoms with Gasteiger partial charge >= 0.3 is 5.92 Å². The number of aliphatic hydroxyl groups is 1. The van der Waals surface area contributed by atoms with Crippen molar-refractivity contribution in [3.63, 3.8) is 0 Å². The lowest BCUT2D eigenvalue weighted by molar-refractivity contribution is -0.143. The van der Waals surface area contributed by atoms with E-state index in [2.05, 4.69) is 0 Å². The van der Waals surface area contributed by atoms with Gasteiger partial charge in [-0.25, -0.2) is 0 Å². The summed E-state index contributed by atoms with van der Waals surface area (Å²) in [5.41, 5.74) is 0. The maximum absolute atomic E-state index is 11.6. The number of Topliss-reactive ketones (excluding diaryl/α,β-unsaturated/α-hetero) is 1. The highest BCUT2D eigenvalue weighted by Crippen LogP contribution is 2.11. The van der Waals surface area contributed by atoms with E-state index < -0.39 is 18.3 Å². The summed E-state index contributed by atoms with van der Waals surface area (Å²) in [6.07, 6.45) is 0. The Morgan fingerprint density at radius 1 is 1.75 bits per heavy atom. The molecule has 4 heteroatoms. The molecule has 2 nitrogen and oxygen atoms in total. The van der Waals surface area contributed by atoms with Crippen molar-refractivity contribution in [2.45, 2.75) is 12.8 Å². The summed E-state index contributed by atoms with van der Waals surface area (Å²) in [6, 6.07) is 0. The lowest BCUT2D eigenvalue weighted by atomic mass is 10.3. The number of carbonyl (C=O) groups is 1. The maximum atomic E-state index is 11.6. The van der Waals surface area contributed by atoms with Crippen molar-refractivity contribution in [2.24, 2.45) is 0 Å². The van der Waals surface area contributed by atoms with Crippen molar-refractivity contribution in [1.29, 1.82) is 0 Å². The Morgan fingerprint density at radius 2 is 2.12 bits per heavy atom. The van der Waals surface area contributed by atoms with Gasteiger partial charge in [0.1, 0.15) is 6.61 Å². The predicted octanol–water partition coefficient (Wildman–Crippen LogP) is 0.203. The van der Waals surface area contributed by atoms with Crippen LogP contribution < -0.4 is 0 Å². The van der Waals surface area contributed by atoms with Crippen LogP contribution in [0, 0.1) is 0 Å². The molecule has 0 radical (unpaired) electrons. The number of carbonyl (C=O) groups excluding carboxylic acids is 1. The van der Waals surface area contributed by atoms with Crippen LogP contribution in [0.4, 0.5) is 8.78 Å². The molecule has 0 amide bonds. The Morgan fingerprint density at radius 3 is 2.12 bits per heavy atom. The van der Waals surface area contributed by atoms with Crippen LogP contribution in [0.25, 0.3) is 0 Å². The molecule has 0 fully saturated rings. The van der Waals surface area contributed by atoms with Crippen LogP contribution in [-0.2, 0) is 4.79 Å². The monoisotopic (exact) mass is 124 g/mol. The van der Waals surface area contributed by atoms with Gasteiger partial charge in [0, 0.05) is 6.92 Å². The van der Waals surface area contributed by atoms with E-state index in [1.165, 1.54) is 0 Å². The second-order valence-electron chi connectivity index (χ2n) is 1.47. The lowest BCUT2D eigenvalue weighted by Gasteiger charge is -2.03. The van der Waals surface area contributed by atoms with Gasteiger partial charge < -0.3 is 5.11 Å². The van der Waals surface area contributed by atoms with Crippen LogP contribution in [0.5, 0.6) is 0 Å². The molecule has 0 aromatic heterocycles. The molecule has 0 aliphatic heterocycles. The van der Waals surface area contributed by atoms with E-state index >= 15 is 0 Å². The molecule has 0 aliphatic carbocycles. The minimum Gasteiger partial charge on any atom is -0.388 e. The summed E-state index contributed by atoms with van der Waals surface area (Å²) in [5.74, 6) is -4.83. The molecule has 0 rings (SSSR count). The summed E-state index contributed by atoms with van der Waals surface area (Å²) in [7, 11) is 0. The second kappa shape index (κ2) is 2.17. The lowest BCUT2D eigenvalue weighted by Crippen LogP contribution is -2.26. The van der Waals surface area contributed by atoms with Gasteiger partial charge in [-0.3, -0.25) is 4.79 Å². The first-order chi connectivity index (χ1) is 3.48. The summed E-state index contributed by atoms with van der Waals surface area (Å²) in [5, 5.41) is 7.84. The van der Waals surface area contributed by atoms with Crippen LogP contribution in [0.3, 0.4) is 0 Å². The van der Waals surface area contributed by atoms with Crippen LogP contribution in [0.15, 0.2) is 0 Å².